The van der Waals surface area contributed by atoms with E-state index in [4.69, 9.17) is 5.11 Å². The number of hydrogen-bond acceptors (Lipinski definition) is 4. The maximum atomic E-state index is 12.0. The molecule has 2 unspecified atom stereocenters. The Balaban J connectivity index is 2.04. The van der Waals surface area contributed by atoms with Crippen LogP contribution >= 0.6 is 0 Å². The lowest BCUT2D eigenvalue weighted by Gasteiger charge is -2.26. The smallest absolute Gasteiger partial charge is 0.241 e. The molecule has 1 aliphatic rings. The minimum Gasteiger partial charge on any atom is -0.394 e. The van der Waals surface area contributed by atoms with Crippen LogP contribution in [0.25, 0.3) is 0 Å². The van der Waals surface area contributed by atoms with Gasteiger partial charge in [0, 0.05) is 13.1 Å². The molecule has 0 aromatic heterocycles. The van der Waals surface area contributed by atoms with E-state index < -0.39 is 6.10 Å². The van der Waals surface area contributed by atoms with E-state index in [0.29, 0.717) is 0 Å². The van der Waals surface area contributed by atoms with Crippen LogP contribution in [0.4, 0.5) is 0 Å². The number of amides is 1. The maximum absolute atomic E-state index is 12.0. The molecule has 1 aromatic rings. The van der Waals surface area contributed by atoms with Gasteiger partial charge in [0.2, 0.25) is 5.91 Å². The average molecular weight is 250 g/mol. The summed E-state index contributed by atoms with van der Waals surface area (Å²) in [5, 5.41) is 23.7. The highest BCUT2D eigenvalue weighted by atomic mass is 16.3. The molecule has 1 aromatic carbocycles. The van der Waals surface area contributed by atoms with Crippen LogP contribution in [0.5, 0.6) is 0 Å². The van der Waals surface area contributed by atoms with Gasteiger partial charge in [0.25, 0.3) is 0 Å². The number of carbonyl (C=O) groups excluding carboxylic acids is 1. The van der Waals surface area contributed by atoms with Gasteiger partial charge in [-0.25, -0.2) is 0 Å². The SMILES string of the molecule is O=C(NCC(O)CO)C1NCCc2ccccc21. The number of nitrogens with one attached hydrogen (secondary N) is 2. The van der Waals surface area contributed by atoms with Gasteiger partial charge in [0.1, 0.15) is 6.04 Å². The zero-order valence-electron chi connectivity index (χ0n) is 10.1. The molecule has 2 atom stereocenters. The standard InChI is InChI=1S/C13H18N2O3/c16-8-10(17)7-15-13(18)12-11-4-2-1-3-9(11)5-6-14-12/h1-4,10,12,14,16-17H,5-8H2,(H,15,18). The number of rotatable bonds is 4. The summed E-state index contributed by atoms with van der Waals surface area (Å²) in [5.41, 5.74) is 2.17. The van der Waals surface area contributed by atoms with Crippen LogP contribution in [0.1, 0.15) is 17.2 Å². The van der Waals surface area contributed by atoms with E-state index in [-0.39, 0.29) is 25.1 Å². The lowest BCUT2D eigenvalue weighted by molar-refractivity contribution is -0.124. The normalized spacial score (nSPS) is 20.0. The molecular formula is C13H18N2O3. The van der Waals surface area contributed by atoms with Crippen molar-refractivity contribution in [2.24, 2.45) is 0 Å². The summed E-state index contributed by atoms with van der Waals surface area (Å²) in [6.07, 6.45) is 0.00643. The Morgan fingerprint density at radius 1 is 1.50 bits per heavy atom. The molecule has 18 heavy (non-hydrogen) atoms. The molecule has 0 bridgehead atoms. The molecule has 0 aliphatic carbocycles. The Labute approximate surface area is 106 Å². The first-order chi connectivity index (χ1) is 8.72. The molecule has 5 heteroatoms. The third-order valence-corrected chi connectivity index (χ3v) is 3.09. The first-order valence-corrected chi connectivity index (χ1v) is 6.10. The van der Waals surface area contributed by atoms with Gasteiger partial charge in [-0.05, 0) is 17.5 Å². The minimum atomic E-state index is -0.909. The Hall–Kier alpha value is -1.43. The van der Waals surface area contributed by atoms with Gasteiger partial charge in [0.05, 0.1) is 12.7 Å². The number of hydrogen-bond donors (Lipinski definition) is 4. The predicted octanol–water partition coefficient (Wildman–Crippen LogP) is -0.657. The van der Waals surface area contributed by atoms with Gasteiger partial charge in [-0.1, -0.05) is 24.3 Å². The Bertz CT molecular complexity index is 422. The van der Waals surface area contributed by atoms with E-state index >= 15 is 0 Å². The van der Waals surface area contributed by atoms with E-state index in [0.717, 1.165) is 18.5 Å². The molecule has 1 aliphatic heterocycles. The van der Waals surface area contributed by atoms with Crippen molar-refractivity contribution in [2.75, 3.05) is 19.7 Å². The van der Waals surface area contributed by atoms with Crippen LogP contribution in [0.3, 0.4) is 0 Å². The summed E-state index contributed by atoms with van der Waals surface area (Å²) in [5.74, 6) is -0.172. The molecule has 4 N–H and O–H groups in total. The van der Waals surface area contributed by atoms with Crippen molar-refractivity contribution >= 4 is 5.91 Å². The van der Waals surface area contributed by atoms with Crippen LogP contribution < -0.4 is 10.6 Å². The zero-order chi connectivity index (χ0) is 13.0. The molecule has 2 rings (SSSR count). The van der Waals surface area contributed by atoms with Crippen molar-refractivity contribution in [2.45, 2.75) is 18.6 Å². The molecule has 0 spiro atoms. The molecular weight excluding hydrogens is 232 g/mol. The third-order valence-electron chi connectivity index (χ3n) is 3.09. The molecule has 0 saturated heterocycles. The highest BCUT2D eigenvalue weighted by molar-refractivity contribution is 5.83. The van der Waals surface area contributed by atoms with Crippen molar-refractivity contribution < 1.29 is 15.0 Å². The second-order valence-corrected chi connectivity index (χ2v) is 4.42. The van der Waals surface area contributed by atoms with Crippen molar-refractivity contribution in [3.05, 3.63) is 35.4 Å². The fourth-order valence-electron chi connectivity index (χ4n) is 2.12. The molecule has 5 nitrogen and oxygen atoms in total. The fraction of sp³-hybridized carbons (Fsp3) is 0.462. The molecule has 0 fully saturated rings. The Kier molecular flexibility index (Phi) is 4.30. The summed E-state index contributed by atoms with van der Waals surface area (Å²) < 4.78 is 0. The van der Waals surface area contributed by atoms with Gasteiger partial charge in [0.15, 0.2) is 0 Å². The average Bonchev–Trinajstić information content (AvgIpc) is 2.43. The van der Waals surface area contributed by atoms with Gasteiger partial charge >= 0.3 is 0 Å². The Morgan fingerprint density at radius 2 is 2.28 bits per heavy atom. The first kappa shape index (κ1) is 13.0. The highest BCUT2D eigenvalue weighted by Gasteiger charge is 2.25. The maximum Gasteiger partial charge on any atom is 0.241 e. The van der Waals surface area contributed by atoms with E-state index in [1.54, 1.807) is 0 Å². The van der Waals surface area contributed by atoms with Gasteiger partial charge in [-0.2, -0.15) is 0 Å². The minimum absolute atomic E-state index is 0.0652. The quantitative estimate of drug-likeness (QED) is 0.572. The monoisotopic (exact) mass is 250 g/mol. The molecule has 1 heterocycles. The summed E-state index contributed by atoms with van der Waals surface area (Å²) >= 11 is 0. The summed E-state index contributed by atoms with van der Waals surface area (Å²) in [6, 6.07) is 7.47. The summed E-state index contributed by atoms with van der Waals surface area (Å²) in [6.45, 7) is 0.475. The van der Waals surface area contributed by atoms with E-state index in [9.17, 15) is 9.90 Å². The van der Waals surface area contributed by atoms with Crippen molar-refractivity contribution in [1.29, 1.82) is 0 Å². The van der Waals surface area contributed by atoms with Gasteiger partial charge in [-0.15, -0.1) is 0 Å². The number of aliphatic hydroxyl groups is 2. The molecule has 0 saturated carbocycles. The van der Waals surface area contributed by atoms with Crippen LogP contribution in [0.2, 0.25) is 0 Å². The number of carbonyl (C=O) groups is 1. The second-order valence-electron chi connectivity index (χ2n) is 4.42. The second kappa shape index (κ2) is 5.95. The van der Waals surface area contributed by atoms with Gasteiger partial charge < -0.3 is 20.8 Å². The number of aliphatic hydroxyl groups excluding tert-OH is 2. The van der Waals surface area contributed by atoms with Crippen molar-refractivity contribution in [1.82, 2.24) is 10.6 Å². The fourth-order valence-corrected chi connectivity index (χ4v) is 2.12. The third kappa shape index (κ3) is 2.87. The van der Waals surface area contributed by atoms with E-state index in [1.807, 2.05) is 24.3 Å². The summed E-state index contributed by atoms with van der Waals surface area (Å²) in [7, 11) is 0. The molecule has 1 amide bonds. The first-order valence-electron chi connectivity index (χ1n) is 6.10. The topological polar surface area (TPSA) is 81.6 Å². The number of benzene rings is 1. The Morgan fingerprint density at radius 3 is 3.06 bits per heavy atom. The van der Waals surface area contributed by atoms with E-state index in [2.05, 4.69) is 10.6 Å². The highest BCUT2D eigenvalue weighted by Crippen LogP contribution is 2.22. The van der Waals surface area contributed by atoms with Crippen LogP contribution in [-0.4, -0.2) is 41.9 Å². The zero-order valence-corrected chi connectivity index (χ0v) is 10.1. The molecule has 0 radical (unpaired) electrons. The number of fused-ring (bicyclic) bond motifs is 1. The lowest BCUT2D eigenvalue weighted by Crippen LogP contribution is -2.44. The molecule has 98 valence electrons. The van der Waals surface area contributed by atoms with Crippen LogP contribution in [0, 0.1) is 0 Å². The van der Waals surface area contributed by atoms with Crippen molar-refractivity contribution in [3.63, 3.8) is 0 Å². The van der Waals surface area contributed by atoms with Crippen LogP contribution in [0.15, 0.2) is 24.3 Å². The lowest BCUT2D eigenvalue weighted by atomic mass is 9.94. The summed E-state index contributed by atoms with van der Waals surface area (Å²) in [4.78, 5) is 12.0. The predicted molar refractivity (Wildman–Crippen MR) is 67.0 cm³/mol. The van der Waals surface area contributed by atoms with E-state index in [1.165, 1.54) is 5.56 Å². The van der Waals surface area contributed by atoms with Gasteiger partial charge in [-0.3, -0.25) is 4.79 Å². The van der Waals surface area contributed by atoms with Crippen molar-refractivity contribution in [3.8, 4) is 0 Å². The largest absolute Gasteiger partial charge is 0.394 e. The van der Waals surface area contributed by atoms with Crippen LogP contribution in [-0.2, 0) is 11.2 Å².